The molecule has 2 unspecified atom stereocenters. The van der Waals surface area contributed by atoms with Gasteiger partial charge in [-0.1, -0.05) is 0 Å². The normalized spacial score (nSPS) is 45.0. The second-order valence-electron chi connectivity index (χ2n) is 3.12. The van der Waals surface area contributed by atoms with E-state index in [0.717, 1.165) is 19.4 Å². The van der Waals surface area contributed by atoms with Gasteiger partial charge < -0.3 is 10.5 Å². The summed E-state index contributed by atoms with van der Waals surface area (Å²) in [7, 11) is 0. The third-order valence-electron chi connectivity index (χ3n) is 2.16. The molecule has 0 radical (unpaired) electrons. The van der Waals surface area contributed by atoms with Gasteiger partial charge in [-0.25, -0.2) is 0 Å². The smallest absolute Gasteiger partial charge is 0.0723 e. The summed E-state index contributed by atoms with van der Waals surface area (Å²) in [5.41, 5.74) is 5.81. The van der Waals surface area contributed by atoms with Crippen molar-refractivity contribution in [3.05, 3.63) is 0 Å². The highest BCUT2D eigenvalue weighted by atomic mass is 16.5. The average molecular weight is 129 g/mol. The maximum absolute atomic E-state index is 5.90. The first-order chi connectivity index (χ1) is 4.13. The zero-order chi connectivity index (χ0) is 6.91. The van der Waals surface area contributed by atoms with E-state index in [4.69, 9.17) is 10.5 Å². The van der Waals surface area contributed by atoms with Gasteiger partial charge >= 0.3 is 0 Å². The third-order valence-corrected chi connectivity index (χ3v) is 2.16. The summed E-state index contributed by atoms with van der Waals surface area (Å²) >= 11 is 0. The topological polar surface area (TPSA) is 35.2 Å². The minimum atomic E-state index is -0.0851. The standard InChI is InChI=1S/C7H15NO/c1-6-7(2,8)4-3-5-9-6/h6H,3-5,8H2,1-2H3. The molecule has 1 saturated heterocycles. The lowest BCUT2D eigenvalue weighted by atomic mass is 9.89. The number of hydrogen-bond donors (Lipinski definition) is 1. The predicted molar refractivity (Wildman–Crippen MR) is 37.2 cm³/mol. The van der Waals surface area contributed by atoms with E-state index in [-0.39, 0.29) is 11.6 Å². The zero-order valence-electron chi connectivity index (χ0n) is 6.18. The van der Waals surface area contributed by atoms with E-state index in [1.165, 1.54) is 0 Å². The Balaban J connectivity index is 2.49. The zero-order valence-corrected chi connectivity index (χ0v) is 6.18. The third kappa shape index (κ3) is 1.43. The van der Waals surface area contributed by atoms with Gasteiger partial charge in [0.05, 0.1) is 6.10 Å². The van der Waals surface area contributed by atoms with E-state index in [2.05, 4.69) is 6.92 Å². The Morgan fingerprint density at radius 3 is 2.67 bits per heavy atom. The van der Waals surface area contributed by atoms with Crippen LogP contribution in [0.5, 0.6) is 0 Å². The van der Waals surface area contributed by atoms with Gasteiger partial charge in [-0.15, -0.1) is 0 Å². The molecule has 0 aromatic carbocycles. The highest BCUT2D eigenvalue weighted by Crippen LogP contribution is 2.21. The molecule has 1 rings (SSSR count). The maximum atomic E-state index is 5.90. The van der Waals surface area contributed by atoms with Crippen molar-refractivity contribution >= 4 is 0 Å². The summed E-state index contributed by atoms with van der Waals surface area (Å²) in [6.07, 6.45) is 2.43. The fourth-order valence-corrected chi connectivity index (χ4v) is 1.11. The predicted octanol–water partition coefficient (Wildman–Crippen LogP) is 0.903. The van der Waals surface area contributed by atoms with Crippen molar-refractivity contribution < 1.29 is 4.74 Å². The molecule has 2 N–H and O–H groups in total. The Hall–Kier alpha value is -0.0800. The molecule has 0 aliphatic carbocycles. The quantitative estimate of drug-likeness (QED) is 0.527. The van der Waals surface area contributed by atoms with Crippen molar-refractivity contribution in [2.75, 3.05) is 6.61 Å². The van der Waals surface area contributed by atoms with Crippen molar-refractivity contribution in [3.63, 3.8) is 0 Å². The molecule has 1 fully saturated rings. The van der Waals surface area contributed by atoms with Crippen molar-refractivity contribution in [1.82, 2.24) is 0 Å². The Morgan fingerprint density at radius 1 is 1.67 bits per heavy atom. The Kier molecular flexibility index (Phi) is 1.78. The molecule has 0 saturated carbocycles. The molecule has 0 aromatic heterocycles. The van der Waals surface area contributed by atoms with Crippen LogP contribution in [0.3, 0.4) is 0 Å². The minimum Gasteiger partial charge on any atom is -0.377 e. The monoisotopic (exact) mass is 129 g/mol. The molecule has 54 valence electrons. The SMILES string of the molecule is CC1OCCCC1(C)N. The molecule has 2 heteroatoms. The van der Waals surface area contributed by atoms with Crippen LogP contribution in [0.25, 0.3) is 0 Å². The summed E-state index contributed by atoms with van der Waals surface area (Å²) < 4.78 is 5.37. The van der Waals surface area contributed by atoms with Crippen molar-refractivity contribution in [2.24, 2.45) is 5.73 Å². The lowest BCUT2D eigenvalue weighted by molar-refractivity contribution is -0.0226. The van der Waals surface area contributed by atoms with Gasteiger partial charge in [0.1, 0.15) is 0 Å². The van der Waals surface area contributed by atoms with Gasteiger partial charge in [-0.3, -0.25) is 0 Å². The van der Waals surface area contributed by atoms with E-state index >= 15 is 0 Å². The molecule has 9 heavy (non-hydrogen) atoms. The van der Waals surface area contributed by atoms with Gasteiger partial charge in [0.15, 0.2) is 0 Å². The van der Waals surface area contributed by atoms with Gasteiger partial charge in [-0.05, 0) is 26.7 Å². The van der Waals surface area contributed by atoms with Crippen LogP contribution in [0.1, 0.15) is 26.7 Å². The van der Waals surface area contributed by atoms with Crippen molar-refractivity contribution in [1.29, 1.82) is 0 Å². The van der Waals surface area contributed by atoms with E-state index in [0.29, 0.717) is 0 Å². The Bertz CT molecular complexity index is 101. The van der Waals surface area contributed by atoms with E-state index in [1.807, 2.05) is 6.92 Å². The number of ether oxygens (including phenoxy) is 1. The van der Waals surface area contributed by atoms with Crippen LogP contribution in [-0.2, 0) is 4.74 Å². The second kappa shape index (κ2) is 2.27. The van der Waals surface area contributed by atoms with Crippen LogP contribution in [-0.4, -0.2) is 18.2 Å². The fourth-order valence-electron chi connectivity index (χ4n) is 1.11. The van der Waals surface area contributed by atoms with Crippen LogP contribution < -0.4 is 5.73 Å². The second-order valence-corrected chi connectivity index (χ2v) is 3.12. The van der Waals surface area contributed by atoms with Gasteiger partial charge in [-0.2, -0.15) is 0 Å². The van der Waals surface area contributed by atoms with Crippen molar-refractivity contribution in [2.45, 2.75) is 38.3 Å². The van der Waals surface area contributed by atoms with Crippen LogP contribution in [0.15, 0.2) is 0 Å². The van der Waals surface area contributed by atoms with Gasteiger partial charge in [0, 0.05) is 12.1 Å². The van der Waals surface area contributed by atoms with Crippen LogP contribution >= 0.6 is 0 Å². The largest absolute Gasteiger partial charge is 0.377 e. The van der Waals surface area contributed by atoms with Gasteiger partial charge in [0.25, 0.3) is 0 Å². The first-order valence-electron chi connectivity index (χ1n) is 3.53. The number of rotatable bonds is 0. The van der Waals surface area contributed by atoms with Gasteiger partial charge in [0.2, 0.25) is 0 Å². The lowest BCUT2D eigenvalue weighted by Crippen LogP contribution is -2.50. The summed E-state index contributed by atoms with van der Waals surface area (Å²) in [5.74, 6) is 0. The molecule has 0 bridgehead atoms. The number of hydrogen-bond acceptors (Lipinski definition) is 2. The van der Waals surface area contributed by atoms with E-state index in [9.17, 15) is 0 Å². The summed E-state index contributed by atoms with van der Waals surface area (Å²) in [5, 5.41) is 0. The molecule has 2 atom stereocenters. The average Bonchev–Trinajstić information content (AvgIpc) is 1.77. The molecular weight excluding hydrogens is 114 g/mol. The molecule has 1 aliphatic rings. The molecule has 0 amide bonds. The number of nitrogens with two attached hydrogens (primary N) is 1. The molecule has 1 heterocycles. The molecule has 0 aromatic rings. The van der Waals surface area contributed by atoms with Crippen LogP contribution in [0, 0.1) is 0 Å². The molecule has 0 spiro atoms. The summed E-state index contributed by atoms with van der Waals surface area (Å²) in [4.78, 5) is 0. The van der Waals surface area contributed by atoms with Crippen LogP contribution in [0.4, 0.5) is 0 Å². The highest BCUT2D eigenvalue weighted by Gasteiger charge is 2.29. The van der Waals surface area contributed by atoms with E-state index < -0.39 is 0 Å². The highest BCUT2D eigenvalue weighted by molar-refractivity contribution is 4.87. The fraction of sp³-hybridized carbons (Fsp3) is 1.00. The first kappa shape index (κ1) is 7.03. The summed E-state index contributed by atoms with van der Waals surface area (Å²) in [6, 6.07) is 0. The minimum absolute atomic E-state index is 0.0851. The summed E-state index contributed by atoms with van der Waals surface area (Å²) in [6.45, 7) is 4.98. The lowest BCUT2D eigenvalue weighted by Gasteiger charge is -2.35. The Morgan fingerprint density at radius 2 is 2.33 bits per heavy atom. The maximum Gasteiger partial charge on any atom is 0.0723 e. The first-order valence-corrected chi connectivity index (χ1v) is 3.53. The van der Waals surface area contributed by atoms with E-state index in [1.54, 1.807) is 0 Å². The molecule has 1 aliphatic heterocycles. The van der Waals surface area contributed by atoms with Crippen LogP contribution in [0.2, 0.25) is 0 Å². The van der Waals surface area contributed by atoms with Crippen molar-refractivity contribution in [3.8, 4) is 0 Å². The molecular formula is C7H15NO. The Labute approximate surface area is 56.4 Å². The molecule has 2 nitrogen and oxygen atoms in total.